The Labute approximate surface area is 126 Å². The van der Waals surface area contributed by atoms with E-state index in [1.54, 1.807) is 0 Å². The van der Waals surface area contributed by atoms with Crippen molar-refractivity contribution in [3.8, 4) is 0 Å². The summed E-state index contributed by atoms with van der Waals surface area (Å²) in [6, 6.07) is 8.29. The Morgan fingerprint density at radius 3 is 2.86 bits per heavy atom. The maximum Gasteiger partial charge on any atom is 0.0890 e. The molecule has 0 bridgehead atoms. The van der Waals surface area contributed by atoms with Crippen LogP contribution in [-0.4, -0.2) is 16.5 Å². The van der Waals surface area contributed by atoms with Gasteiger partial charge in [-0.3, -0.25) is 4.98 Å². The van der Waals surface area contributed by atoms with Gasteiger partial charge in [-0.2, -0.15) is 0 Å². The van der Waals surface area contributed by atoms with Crippen molar-refractivity contribution in [1.82, 2.24) is 15.3 Å². The lowest BCUT2D eigenvalue weighted by Gasteiger charge is -2.20. The zero-order valence-corrected chi connectivity index (χ0v) is 12.7. The van der Waals surface area contributed by atoms with Gasteiger partial charge in [-0.15, -0.1) is 0 Å². The van der Waals surface area contributed by atoms with E-state index in [2.05, 4.69) is 23.3 Å². The molecule has 1 heterocycles. The molecule has 0 amide bonds. The first-order valence-electron chi connectivity index (χ1n) is 8.02. The van der Waals surface area contributed by atoms with Crippen LogP contribution in [0, 0.1) is 0 Å². The molecule has 21 heavy (non-hydrogen) atoms. The highest BCUT2D eigenvalue weighted by Gasteiger charge is 2.18. The second-order valence-electron chi connectivity index (χ2n) is 5.65. The van der Waals surface area contributed by atoms with Crippen molar-refractivity contribution in [2.75, 3.05) is 6.54 Å². The Balaban J connectivity index is 1.96. The minimum Gasteiger partial charge on any atom is -0.305 e. The lowest BCUT2D eigenvalue weighted by atomic mass is 9.99. The van der Waals surface area contributed by atoms with E-state index in [0.29, 0.717) is 0 Å². The summed E-state index contributed by atoms with van der Waals surface area (Å²) in [5.74, 6) is 0. The van der Waals surface area contributed by atoms with Gasteiger partial charge in [0.15, 0.2) is 0 Å². The number of nitrogens with one attached hydrogen (secondary N) is 1. The number of para-hydroxylation sites is 2. The molecular formula is C18H23N3. The molecular weight excluding hydrogens is 258 g/mol. The Morgan fingerprint density at radius 1 is 1.14 bits per heavy atom. The Hall–Kier alpha value is -1.74. The number of aromatic nitrogens is 2. The van der Waals surface area contributed by atoms with Gasteiger partial charge in [0.2, 0.25) is 0 Å². The molecule has 1 aromatic carbocycles. The molecule has 0 spiro atoms. The predicted molar refractivity (Wildman–Crippen MR) is 87.1 cm³/mol. The number of nitrogens with zero attached hydrogens (tertiary/aromatic N) is 2. The smallest absolute Gasteiger partial charge is 0.0890 e. The first-order chi connectivity index (χ1) is 10.4. The lowest BCUT2D eigenvalue weighted by Crippen LogP contribution is -2.24. The molecule has 1 N–H and O–H groups in total. The molecule has 2 aromatic rings. The lowest BCUT2D eigenvalue weighted by molar-refractivity contribution is 0.577. The Morgan fingerprint density at radius 2 is 2.00 bits per heavy atom. The predicted octanol–water partition coefficient (Wildman–Crippen LogP) is 4.17. The third-order valence-electron chi connectivity index (χ3n) is 4.12. The monoisotopic (exact) mass is 281 g/mol. The fraction of sp³-hybridized carbons (Fsp3) is 0.444. The topological polar surface area (TPSA) is 37.8 Å². The van der Waals surface area contributed by atoms with Crippen molar-refractivity contribution in [2.45, 2.75) is 45.1 Å². The van der Waals surface area contributed by atoms with Gasteiger partial charge in [-0.25, -0.2) is 4.98 Å². The van der Waals surface area contributed by atoms with Crippen molar-refractivity contribution >= 4 is 11.0 Å². The highest BCUT2D eigenvalue weighted by atomic mass is 15.0. The van der Waals surface area contributed by atoms with Crippen molar-refractivity contribution in [2.24, 2.45) is 0 Å². The molecule has 0 radical (unpaired) electrons. The summed E-state index contributed by atoms with van der Waals surface area (Å²) < 4.78 is 0. The minimum absolute atomic E-state index is 0.213. The second kappa shape index (κ2) is 6.81. The molecule has 1 unspecified atom stereocenters. The van der Waals surface area contributed by atoms with Crippen LogP contribution in [0.5, 0.6) is 0 Å². The summed E-state index contributed by atoms with van der Waals surface area (Å²) in [5.41, 5.74) is 4.47. The van der Waals surface area contributed by atoms with Crippen molar-refractivity contribution in [1.29, 1.82) is 0 Å². The summed E-state index contributed by atoms with van der Waals surface area (Å²) in [5, 5.41) is 3.59. The number of hydrogen-bond donors (Lipinski definition) is 1. The second-order valence-corrected chi connectivity index (χ2v) is 5.65. The van der Waals surface area contributed by atoms with E-state index < -0.39 is 0 Å². The van der Waals surface area contributed by atoms with Crippen LogP contribution in [0.3, 0.4) is 0 Å². The number of benzene rings is 1. The van der Waals surface area contributed by atoms with Crippen LogP contribution >= 0.6 is 0 Å². The molecule has 3 rings (SSSR count). The number of likely N-dealkylation sites (N-methyl/N-ethyl adjacent to an activating group) is 1. The number of allylic oxidation sites excluding steroid dienone is 1. The van der Waals surface area contributed by atoms with Gasteiger partial charge in [0.05, 0.1) is 29.0 Å². The summed E-state index contributed by atoms with van der Waals surface area (Å²) in [6.45, 7) is 3.09. The molecule has 3 heteroatoms. The number of hydrogen-bond acceptors (Lipinski definition) is 3. The average molecular weight is 281 g/mol. The van der Waals surface area contributed by atoms with Gasteiger partial charge in [-0.1, -0.05) is 37.1 Å². The van der Waals surface area contributed by atoms with Gasteiger partial charge in [0, 0.05) is 0 Å². The summed E-state index contributed by atoms with van der Waals surface area (Å²) in [4.78, 5) is 9.41. The average Bonchev–Trinajstić information content (AvgIpc) is 2.81. The van der Waals surface area contributed by atoms with Gasteiger partial charge < -0.3 is 5.32 Å². The number of fused-ring (bicyclic) bond motifs is 1. The van der Waals surface area contributed by atoms with Gasteiger partial charge in [0.25, 0.3) is 0 Å². The van der Waals surface area contributed by atoms with Gasteiger partial charge in [-0.05, 0) is 44.4 Å². The van der Waals surface area contributed by atoms with Crippen LogP contribution < -0.4 is 5.32 Å². The normalized spacial score (nSPS) is 17.3. The first-order valence-corrected chi connectivity index (χ1v) is 8.02. The van der Waals surface area contributed by atoms with Crippen molar-refractivity contribution < 1.29 is 0 Å². The molecule has 110 valence electrons. The van der Waals surface area contributed by atoms with E-state index in [1.165, 1.54) is 37.7 Å². The zero-order valence-electron chi connectivity index (χ0n) is 12.7. The fourth-order valence-corrected chi connectivity index (χ4v) is 3.04. The van der Waals surface area contributed by atoms with Gasteiger partial charge >= 0.3 is 0 Å². The summed E-state index contributed by atoms with van der Waals surface area (Å²) in [7, 11) is 0. The largest absolute Gasteiger partial charge is 0.305 e. The Kier molecular flexibility index (Phi) is 4.61. The van der Waals surface area contributed by atoms with Crippen molar-refractivity contribution in [3.63, 3.8) is 0 Å². The van der Waals surface area contributed by atoms with E-state index in [-0.39, 0.29) is 6.04 Å². The van der Waals surface area contributed by atoms with Crippen LogP contribution in [0.1, 0.15) is 50.8 Å². The SMILES string of the molecule is CCNC(C1=CCCCCC1)c1cnc2ccccc2n1. The molecule has 0 fully saturated rings. The number of rotatable bonds is 4. The van der Waals surface area contributed by atoms with E-state index in [4.69, 9.17) is 4.98 Å². The fourth-order valence-electron chi connectivity index (χ4n) is 3.04. The third-order valence-corrected chi connectivity index (χ3v) is 4.12. The molecule has 1 aromatic heterocycles. The van der Waals surface area contributed by atoms with Gasteiger partial charge in [0.1, 0.15) is 0 Å². The van der Waals surface area contributed by atoms with E-state index in [0.717, 1.165) is 23.3 Å². The molecule has 3 nitrogen and oxygen atoms in total. The zero-order chi connectivity index (χ0) is 14.5. The van der Waals surface area contributed by atoms with E-state index in [9.17, 15) is 0 Å². The standard InChI is InChI=1S/C18H23N3/c1-2-19-18(14-9-5-3-4-6-10-14)17-13-20-15-11-7-8-12-16(15)21-17/h7-9,11-13,18-19H,2-6,10H2,1H3. The maximum atomic E-state index is 4.83. The highest BCUT2D eigenvalue weighted by Crippen LogP contribution is 2.28. The molecule has 0 aliphatic heterocycles. The molecule has 0 saturated heterocycles. The summed E-state index contributed by atoms with van der Waals surface area (Å²) >= 11 is 0. The summed E-state index contributed by atoms with van der Waals surface area (Å²) in [6.07, 6.45) is 10.6. The maximum absolute atomic E-state index is 4.83. The Bertz CT molecular complexity index is 633. The first kappa shape index (κ1) is 14.2. The van der Waals surface area contributed by atoms with Crippen LogP contribution in [-0.2, 0) is 0 Å². The van der Waals surface area contributed by atoms with E-state index >= 15 is 0 Å². The van der Waals surface area contributed by atoms with E-state index in [1.807, 2.05) is 30.5 Å². The van der Waals surface area contributed by atoms with Crippen LogP contribution in [0.25, 0.3) is 11.0 Å². The van der Waals surface area contributed by atoms with Crippen molar-refractivity contribution in [3.05, 3.63) is 47.8 Å². The quantitative estimate of drug-likeness (QED) is 0.855. The minimum atomic E-state index is 0.213. The highest BCUT2D eigenvalue weighted by molar-refractivity contribution is 5.73. The third kappa shape index (κ3) is 3.30. The van der Waals surface area contributed by atoms with Crippen LogP contribution in [0.2, 0.25) is 0 Å². The van der Waals surface area contributed by atoms with Crippen LogP contribution in [0.15, 0.2) is 42.1 Å². The molecule has 1 aliphatic carbocycles. The molecule has 0 saturated carbocycles. The van der Waals surface area contributed by atoms with Crippen LogP contribution in [0.4, 0.5) is 0 Å². The molecule has 1 atom stereocenters. The molecule has 1 aliphatic rings.